The van der Waals surface area contributed by atoms with Crippen molar-refractivity contribution in [2.75, 3.05) is 0 Å². The molecule has 0 aliphatic heterocycles. The largest absolute Gasteiger partial charge is 4.00 e. The van der Waals surface area contributed by atoms with Gasteiger partial charge in [0.2, 0.25) is 0 Å². The molecule has 3 heteroatoms. The molecular formula is C11H18Cl2Ti. The first-order valence-corrected chi connectivity index (χ1v) is 4.03. The van der Waals surface area contributed by atoms with E-state index in [9.17, 15) is 0 Å². The summed E-state index contributed by atoms with van der Waals surface area (Å²) in [5.41, 5.74) is 5.75. The third-order valence-electron chi connectivity index (χ3n) is 2.18. The van der Waals surface area contributed by atoms with Gasteiger partial charge in [0, 0.05) is 0 Å². The van der Waals surface area contributed by atoms with Gasteiger partial charge in [-0.05, 0) is 0 Å². The Morgan fingerprint density at radius 1 is 0.786 bits per heavy atom. The van der Waals surface area contributed by atoms with Crippen LogP contribution < -0.4 is 24.8 Å². The molecule has 1 rings (SSSR count). The van der Waals surface area contributed by atoms with Crippen LogP contribution in [0.4, 0.5) is 0 Å². The topological polar surface area (TPSA) is 0 Å². The molecule has 0 amide bonds. The van der Waals surface area contributed by atoms with Crippen LogP contribution in [-0.2, 0) is 21.7 Å². The van der Waals surface area contributed by atoms with Gasteiger partial charge in [0.25, 0.3) is 0 Å². The fraction of sp³-hybridized carbons (Fsp3) is 0.455. The SMILES string of the molecule is Cc1[cH-]c(C)c(C)c1C.[CH2-]C.[Cl-].[Cl-].[Ti+4]. The average Bonchev–Trinajstić information content (AvgIpc) is 2.22. The van der Waals surface area contributed by atoms with Crippen molar-refractivity contribution in [1.82, 2.24) is 0 Å². The van der Waals surface area contributed by atoms with E-state index >= 15 is 0 Å². The summed E-state index contributed by atoms with van der Waals surface area (Å²) in [7, 11) is 0. The van der Waals surface area contributed by atoms with E-state index in [2.05, 4.69) is 40.7 Å². The number of hydrogen-bond donors (Lipinski definition) is 0. The Bertz CT molecular complexity index is 207. The molecule has 0 saturated heterocycles. The molecule has 0 aliphatic rings. The number of aryl methyl sites for hydroxylation is 2. The molecule has 1 aromatic rings. The van der Waals surface area contributed by atoms with Gasteiger partial charge in [-0.3, -0.25) is 0 Å². The summed E-state index contributed by atoms with van der Waals surface area (Å²) >= 11 is 0. The molecule has 80 valence electrons. The molecule has 0 atom stereocenters. The van der Waals surface area contributed by atoms with Gasteiger partial charge < -0.3 is 31.7 Å². The Hall–Kier alpha value is 0.644. The summed E-state index contributed by atoms with van der Waals surface area (Å²) in [6, 6.07) is 2.24. The molecule has 0 radical (unpaired) electrons. The molecule has 14 heavy (non-hydrogen) atoms. The van der Waals surface area contributed by atoms with E-state index in [1.165, 1.54) is 22.3 Å². The van der Waals surface area contributed by atoms with Crippen molar-refractivity contribution < 1.29 is 46.5 Å². The van der Waals surface area contributed by atoms with E-state index in [0.29, 0.717) is 0 Å². The number of halogens is 2. The van der Waals surface area contributed by atoms with Crippen molar-refractivity contribution in [3.05, 3.63) is 35.2 Å². The molecule has 1 aromatic carbocycles. The monoisotopic (exact) mass is 268 g/mol. The molecule has 0 N–H and O–H groups in total. The molecule has 0 bridgehead atoms. The van der Waals surface area contributed by atoms with Crippen LogP contribution in [0.5, 0.6) is 0 Å². The van der Waals surface area contributed by atoms with Gasteiger partial charge in [-0.25, -0.2) is 0 Å². The molecule has 0 saturated carbocycles. The summed E-state index contributed by atoms with van der Waals surface area (Å²) in [5, 5.41) is 0. The van der Waals surface area contributed by atoms with Crippen molar-refractivity contribution in [2.24, 2.45) is 0 Å². The van der Waals surface area contributed by atoms with Crippen molar-refractivity contribution in [2.45, 2.75) is 34.6 Å². The van der Waals surface area contributed by atoms with Crippen molar-refractivity contribution in [1.29, 1.82) is 0 Å². The fourth-order valence-electron chi connectivity index (χ4n) is 1.13. The first kappa shape index (κ1) is 24.1. The Morgan fingerprint density at radius 3 is 1.07 bits per heavy atom. The van der Waals surface area contributed by atoms with Gasteiger partial charge in [0.05, 0.1) is 0 Å². The van der Waals surface area contributed by atoms with Crippen LogP contribution in [0.15, 0.2) is 6.07 Å². The van der Waals surface area contributed by atoms with Gasteiger partial charge in [0.15, 0.2) is 0 Å². The van der Waals surface area contributed by atoms with Gasteiger partial charge in [0.1, 0.15) is 0 Å². The second kappa shape index (κ2) is 11.7. The third-order valence-corrected chi connectivity index (χ3v) is 2.18. The Labute approximate surface area is 116 Å². The second-order valence-corrected chi connectivity index (χ2v) is 2.76. The van der Waals surface area contributed by atoms with Crippen LogP contribution >= 0.6 is 0 Å². The van der Waals surface area contributed by atoms with Crippen molar-refractivity contribution >= 4 is 0 Å². The van der Waals surface area contributed by atoms with E-state index in [0.717, 1.165) is 0 Å². The summed E-state index contributed by atoms with van der Waals surface area (Å²) in [6.07, 6.45) is 0. The quantitative estimate of drug-likeness (QED) is 0.360. The molecular weight excluding hydrogens is 251 g/mol. The van der Waals surface area contributed by atoms with E-state index in [4.69, 9.17) is 0 Å². The summed E-state index contributed by atoms with van der Waals surface area (Å²) < 4.78 is 0. The molecule has 0 heterocycles. The summed E-state index contributed by atoms with van der Waals surface area (Å²) in [6.45, 7) is 13.7. The van der Waals surface area contributed by atoms with Crippen molar-refractivity contribution in [3.63, 3.8) is 0 Å². The summed E-state index contributed by atoms with van der Waals surface area (Å²) in [4.78, 5) is 0. The van der Waals surface area contributed by atoms with Gasteiger partial charge in [-0.2, -0.15) is 35.2 Å². The third kappa shape index (κ3) is 6.19. The first-order valence-electron chi connectivity index (χ1n) is 4.03. The van der Waals surface area contributed by atoms with Crippen LogP contribution in [0, 0.1) is 34.6 Å². The van der Waals surface area contributed by atoms with E-state index in [-0.39, 0.29) is 46.5 Å². The van der Waals surface area contributed by atoms with E-state index in [1.54, 1.807) is 6.92 Å². The maximum absolute atomic E-state index is 3.25. The van der Waals surface area contributed by atoms with Crippen molar-refractivity contribution in [3.8, 4) is 0 Å². The standard InChI is InChI=1S/C9H13.C2H5.2ClH.Ti/c1-6-5-7(2)9(4)8(6)3;1-2;;;/h5H,1-4H3;1H2,2H3;2*1H;/q2*-1;;;+4/p-2. The molecule has 0 aromatic heterocycles. The van der Waals surface area contributed by atoms with Crippen LogP contribution in [0.1, 0.15) is 29.2 Å². The van der Waals surface area contributed by atoms with Crippen LogP contribution in [0.2, 0.25) is 0 Å². The Morgan fingerprint density at radius 2 is 1.00 bits per heavy atom. The zero-order chi connectivity index (χ0) is 9.02. The normalized spacial score (nSPS) is 7.00. The van der Waals surface area contributed by atoms with E-state index in [1.807, 2.05) is 0 Å². The minimum Gasteiger partial charge on any atom is -1.00 e. The first-order chi connectivity index (χ1) is 5.13. The van der Waals surface area contributed by atoms with Gasteiger partial charge in [-0.15, -0.1) is 0 Å². The zero-order valence-corrected chi connectivity index (χ0v) is 12.6. The van der Waals surface area contributed by atoms with Gasteiger partial charge >= 0.3 is 21.7 Å². The van der Waals surface area contributed by atoms with Gasteiger partial charge in [-0.1, -0.05) is 27.7 Å². The molecule has 0 spiro atoms. The predicted octanol–water partition coefficient (Wildman–Crippen LogP) is -2.51. The zero-order valence-electron chi connectivity index (χ0n) is 9.54. The average molecular weight is 269 g/mol. The Kier molecular flexibility index (Phi) is 20.1. The maximum Gasteiger partial charge on any atom is 4.00 e. The molecule has 0 aliphatic carbocycles. The fourth-order valence-corrected chi connectivity index (χ4v) is 1.13. The predicted molar refractivity (Wildman–Crippen MR) is 52.0 cm³/mol. The van der Waals surface area contributed by atoms with Crippen LogP contribution in [-0.4, -0.2) is 0 Å². The number of rotatable bonds is 0. The van der Waals surface area contributed by atoms with E-state index < -0.39 is 0 Å². The minimum absolute atomic E-state index is 0. The molecule has 0 unspecified atom stereocenters. The molecule has 0 nitrogen and oxygen atoms in total. The Balaban J connectivity index is -0.0000000942. The number of hydrogen-bond acceptors (Lipinski definition) is 0. The molecule has 0 fully saturated rings. The van der Waals surface area contributed by atoms with Crippen LogP contribution in [0.25, 0.3) is 0 Å². The smallest absolute Gasteiger partial charge is 1.00 e. The summed E-state index contributed by atoms with van der Waals surface area (Å²) in [5.74, 6) is 0. The maximum atomic E-state index is 3.25. The second-order valence-electron chi connectivity index (χ2n) is 2.76. The minimum atomic E-state index is 0. The van der Waals surface area contributed by atoms with Crippen LogP contribution in [0.3, 0.4) is 0 Å².